The molecule has 2 nitrogen and oxygen atoms in total. The van der Waals surface area contributed by atoms with Gasteiger partial charge in [-0.2, -0.15) is 0 Å². The standard InChI is InChI=1S/C34H25NO/c1-2-10-23-21(8-1)9-5-13-25(23)27-14-7-16-29-28-15-6-12-24(33(28)36-34(27)29)22-18-19-32-30(20-22)26-11-3-4-17-31(26)35-32/h3-7,9,11-20,35H,1-2,8,10H2. The van der Waals surface area contributed by atoms with Crippen LogP contribution in [0.3, 0.4) is 0 Å². The zero-order valence-electron chi connectivity index (χ0n) is 20.0. The van der Waals surface area contributed by atoms with Crippen LogP contribution in [0, 0.1) is 0 Å². The number of H-pyrrole nitrogens is 1. The Balaban J connectivity index is 1.37. The molecule has 36 heavy (non-hydrogen) atoms. The molecule has 0 amide bonds. The molecule has 2 aromatic heterocycles. The molecule has 2 heteroatoms. The summed E-state index contributed by atoms with van der Waals surface area (Å²) in [7, 11) is 0. The maximum atomic E-state index is 6.79. The van der Waals surface area contributed by atoms with Gasteiger partial charge in [-0.3, -0.25) is 0 Å². The van der Waals surface area contributed by atoms with E-state index >= 15 is 0 Å². The van der Waals surface area contributed by atoms with Crippen LogP contribution in [0.15, 0.2) is 101 Å². The molecular weight excluding hydrogens is 438 g/mol. The minimum absolute atomic E-state index is 0.962. The Hall–Kier alpha value is -4.30. The molecule has 0 saturated heterocycles. The second-order valence-electron chi connectivity index (χ2n) is 10.0. The molecule has 1 aliphatic carbocycles. The van der Waals surface area contributed by atoms with Crippen LogP contribution in [0.4, 0.5) is 0 Å². The lowest BCUT2D eigenvalue weighted by molar-refractivity contribution is 0.669. The highest BCUT2D eigenvalue weighted by atomic mass is 16.3. The quantitative estimate of drug-likeness (QED) is 0.272. The normalized spacial score (nSPS) is 13.7. The van der Waals surface area contributed by atoms with Crippen molar-refractivity contribution < 1.29 is 4.42 Å². The Morgan fingerprint density at radius 2 is 1.22 bits per heavy atom. The number of hydrogen-bond donors (Lipinski definition) is 1. The molecule has 0 atom stereocenters. The number of para-hydroxylation sites is 3. The first-order valence-corrected chi connectivity index (χ1v) is 12.9. The second kappa shape index (κ2) is 7.60. The van der Waals surface area contributed by atoms with Gasteiger partial charge in [0.1, 0.15) is 11.2 Å². The van der Waals surface area contributed by atoms with Gasteiger partial charge in [0.2, 0.25) is 0 Å². The predicted octanol–water partition coefficient (Wildman–Crippen LogP) is 9.43. The van der Waals surface area contributed by atoms with Crippen molar-refractivity contribution in [2.24, 2.45) is 0 Å². The van der Waals surface area contributed by atoms with E-state index in [0.29, 0.717) is 0 Å². The Morgan fingerprint density at radius 1 is 0.528 bits per heavy atom. The minimum Gasteiger partial charge on any atom is -0.455 e. The average Bonchev–Trinajstić information content (AvgIpc) is 3.51. The fourth-order valence-electron chi connectivity index (χ4n) is 6.31. The van der Waals surface area contributed by atoms with Crippen LogP contribution in [0.5, 0.6) is 0 Å². The van der Waals surface area contributed by atoms with Crippen LogP contribution in [0.2, 0.25) is 0 Å². The molecule has 5 aromatic carbocycles. The van der Waals surface area contributed by atoms with E-state index in [1.165, 1.54) is 74.1 Å². The van der Waals surface area contributed by atoms with Gasteiger partial charge in [-0.15, -0.1) is 0 Å². The van der Waals surface area contributed by atoms with E-state index in [2.05, 4.69) is 102 Å². The molecule has 2 heterocycles. The van der Waals surface area contributed by atoms with E-state index in [1.807, 2.05) is 0 Å². The SMILES string of the molecule is c1cc2c(c(-c3cccc4c3oc3c(-c5ccc6[nH]c7ccccc7c6c5)cccc34)c1)CCCC2. The van der Waals surface area contributed by atoms with Crippen molar-refractivity contribution in [2.75, 3.05) is 0 Å². The lowest BCUT2D eigenvalue weighted by Gasteiger charge is -2.19. The maximum absolute atomic E-state index is 6.79. The number of fused-ring (bicyclic) bond motifs is 7. The summed E-state index contributed by atoms with van der Waals surface area (Å²) in [6, 6.07) is 35.1. The van der Waals surface area contributed by atoms with Crippen molar-refractivity contribution in [2.45, 2.75) is 25.7 Å². The molecule has 8 rings (SSSR count). The summed E-state index contributed by atoms with van der Waals surface area (Å²) >= 11 is 0. The molecule has 0 aliphatic heterocycles. The van der Waals surface area contributed by atoms with Gasteiger partial charge in [-0.25, -0.2) is 0 Å². The summed E-state index contributed by atoms with van der Waals surface area (Å²) in [5.74, 6) is 0. The Labute approximate surface area is 209 Å². The third-order valence-electron chi connectivity index (χ3n) is 8.03. The molecule has 1 N–H and O–H groups in total. The second-order valence-corrected chi connectivity index (χ2v) is 10.0. The van der Waals surface area contributed by atoms with Crippen LogP contribution in [-0.2, 0) is 12.8 Å². The maximum Gasteiger partial charge on any atom is 0.143 e. The van der Waals surface area contributed by atoms with Crippen molar-refractivity contribution >= 4 is 43.7 Å². The van der Waals surface area contributed by atoms with Crippen molar-refractivity contribution in [1.29, 1.82) is 0 Å². The number of aromatic amines is 1. The van der Waals surface area contributed by atoms with Gasteiger partial charge in [0.05, 0.1) is 0 Å². The van der Waals surface area contributed by atoms with E-state index in [4.69, 9.17) is 4.42 Å². The van der Waals surface area contributed by atoms with Crippen LogP contribution < -0.4 is 0 Å². The number of aromatic nitrogens is 1. The largest absolute Gasteiger partial charge is 0.455 e. The molecule has 0 spiro atoms. The lowest BCUT2D eigenvalue weighted by Crippen LogP contribution is -2.04. The van der Waals surface area contributed by atoms with Gasteiger partial charge in [-0.1, -0.05) is 78.9 Å². The molecule has 0 radical (unpaired) electrons. The molecule has 7 aromatic rings. The summed E-state index contributed by atoms with van der Waals surface area (Å²) in [4.78, 5) is 3.54. The third kappa shape index (κ3) is 2.85. The van der Waals surface area contributed by atoms with Gasteiger partial charge in [-0.05, 0) is 66.1 Å². The molecule has 0 unspecified atom stereocenters. The number of furan rings is 1. The topological polar surface area (TPSA) is 28.9 Å². The molecule has 172 valence electrons. The van der Waals surface area contributed by atoms with Crippen molar-refractivity contribution in [3.63, 3.8) is 0 Å². The highest BCUT2D eigenvalue weighted by molar-refractivity contribution is 6.14. The third-order valence-corrected chi connectivity index (χ3v) is 8.03. The summed E-state index contributed by atoms with van der Waals surface area (Å²) in [6.45, 7) is 0. The van der Waals surface area contributed by atoms with Gasteiger partial charge in [0.15, 0.2) is 0 Å². The number of nitrogens with one attached hydrogen (secondary N) is 1. The van der Waals surface area contributed by atoms with Crippen LogP contribution in [-0.4, -0.2) is 4.98 Å². The van der Waals surface area contributed by atoms with Gasteiger partial charge >= 0.3 is 0 Å². The van der Waals surface area contributed by atoms with Gasteiger partial charge < -0.3 is 9.40 Å². The lowest BCUT2D eigenvalue weighted by atomic mass is 9.85. The van der Waals surface area contributed by atoms with E-state index in [9.17, 15) is 0 Å². The molecule has 0 saturated carbocycles. The summed E-state index contributed by atoms with van der Waals surface area (Å²) in [5.41, 5.74) is 12.1. The van der Waals surface area contributed by atoms with E-state index in [0.717, 1.165) is 28.7 Å². The molecule has 1 aliphatic rings. The minimum atomic E-state index is 0.962. The van der Waals surface area contributed by atoms with Gasteiger partial charge in [0.25, 0.3) is 0 Å². The zero-order valence-corrected chi connectivity index (χ0v) is 20.0. The number of hydrogen-bond acceptors (Lipinski definition) is 1. The fourth-order valence-corrected chi connectivity index (χ4v) is 6.31. The highest BCUT2D eigenvalue weighted by Gasteiger charge is 2.19. The van der Waals surface area contributed by atoms with Crippen molar-refractivity contribution in [1.82, 2.24) is 4.98 Å². The zero-order chi connectivity index (χ0) is 23.6. The Morgan fingerprint density at radius 3 is 2.14 bits per heavy atom. The van der Waals surface area contributed by atoms with Crippen LogP contribution >= 0.6 is 0 Å². The Kier molecular flexibility index (Phi) is 4.21. The van der Waals surface area contributed by atoms with Crippen LogP contribution in [0.1, 0.15) is 24.0 Å². The fraction of sp³-hybridized carbons (Fsp3) is 0.118. The Bertz CT molecular complexity index is 1950. The molecular formula is C34H25NO. The molecule has 0 bridgehead atoms. The first kappa shape index (κ1) is 19.9. The first-order chi connectivity index (χ1) is 17.8. The molecule has 0 fully saturated rings. The van der Waals surface area contributed by atoms with Gasteiger partial charge in [0, 0.05) is 43.7 Å². The van der Waals surface area contributed by atoms with Crippen molar-refractivity contribution in [3.05, 3.63) is 108 Å². The first-order valence-electron chi connectivity index (χ1n) is 12.9. The van der Waals surface area contributed by atoms with E-state index < -0.39 is 0 Å². The average molecular weight is 464 g/mol. The summed E-state index contributed by atoms with van der Waals surface area (Å²) < 4.78 is 6.79. The summed E-state index contributed by atoms with van der Waals surface area (Å²) in [6.07, 6.45) is 4.88. The predicted molar refractivity (Wildman–Crippen MR) is 151 cm³/mol. The monoisotopic (exact) mass is 463 g/mol. The van der Waals surface area contributed by atoms with Crippen molar-refractivity contribution in [3.8, 4) is 22.3 Å². The summed E-state index contributed by atoms with van der Waals surface area (Å²) in [5, 5.41) is 4.86. The van der Waals surface area contributed by atoms with Crippen LogP contribution in [0.25, 0.3) is 66.0 Å². The van der Waals surface area contributed by atoms with E-state index in [1.54, 1.807) is 0 Å². The number of benzene rings is 5. The smallest absolute Gasteiger partial charge is 0.143 e. The van der Waals surface area contributed by atoms with E-state index in [-0.39, 0.29) is 0 Å². The number of aryl methyl sites for hydroxylation is 1. The highest BCUT2D eigenvalue weighted by Crippen LogP contribution is 2.42. The number of rotatable bonds is 2.